The smallest absolute Gasteiger partial charge is 0.145 e. The first-order valence-electron chi connectivity index (χ1n) is 10.2. The average Bonchev–Trinajstić information content (AvgIpc) is 3.30. The average molecular weight is 392 g/mol. The van der Waals surface area contributed by atoms with E-state index in [1.165, 1.54) is 25.7 Å². The molecule has 3 aromatic rings. The number of ether oxygens (including phenoxy) is 3. The number of rotatable bonds is 7. The molecule has 1 saturated carbocycles. The second kappa shape index (κ2) is 8.70. The van der Waals surface area contributed by atoms with Crippen molar-refractivity contribution in [2.75, 3.05) is 21.3 Å². The number of aromatic nitrogens is 1. The van der Waals surface area contributed by atoms with Gasteiger partial charge in [-0.05, 0) is 48.7 Å². The maximum Gasteiger partial charge on any atom is 0.145 e. The highest BCUT2D eigenvalue weighted by molar-refractivity contribution is 5.93. The van der Waals surface area contributed by atoms with Crippen molar-refractivity contribution in [2.45, 2.75) is 38.3 Å². The topological polar surface area (TPSA) is 52.6 Å². The largest absolute Gasteiger partial charge is 0.497 e. The highest BCUT2D eigenvalue weighted by Gasteiger charge is 2.18. The molecule has 0 bridgehead atoms. The van der Waals surface area contributed by atoms with Crippen molar-refractivity contribution in [1.82, 2.24) is 10.3 Å². The quantitative estimate of drug-likeness (QED) is 0.616. The summed E-state index contributed by atoms with van der Waals surface area (Å²) in [5.74, 6) is 2.35. The summed E-state index contributed by atoms with van der Waals surface area (Å²) in [5.41, 5.74) is 3.91. The number of benzene rings is 2. The molecule has 29 heavy (non-hydrogen) atoms. The molecule has 0 unspecified atom stereocenters. The Labute approximate surface area is 172 Å². The Kier molecular flexibility index (Phi) is 5.86. The van der Waals surface area contributed by atoms with Crippen LogP contribution in [0.4, 0.5) is 0 Å². The van der Waals surface area contributed by atoms with Gasteiger partial charge < -0.3 is 19.5 Å². The van der Waals surface area contributed by atoms with E-state index in [1.54, 1.807) is 21.3 Å². The van der Waals surface area contributed by atoms with Crippen molar-refractivity contribution in [3.63, 3.8) is 0 Å². The molecule has 1 aliphatic carbocycles. The van der Waals surface area contributed by atoms with Crippen LogP contribution in [-0.4, -0.2) is 32.4 Å². The molecule has 1 aliphatic rings. The SMILES string of the molecule is COc1cccc(-c2nc3c(OC)ccc(OC)c3cc2CNC2CCCC2)c1. The van der Waals surface area contributed by atoms with Gasteiger partial charge in [-0.1, -0.05) is 25.0 Å². The first-order chi connectivity index (χ1) is 14.2. The van der Waals surface area contributed by atoms with Crippen LogP contribution < -0.4 is 19.5 Å². The first-order valence-corrected chi connectivity index (χ1v) is 10.2. The monoisotopic (exact) mass is 392 g/mol. The molecule has 4 rings (SSSR count). The number of fused-ring (bicyclic) bond motifs is 1. The molecule has 0 atom stereocenters. The van der Waals surface area contributed by atoms with Gasteiger partial charge in [-0.2, -0.15) is 0 Å². The van der Waals surface area contributed by atoms with Crippen molar-refractivity contribution in [3.05, 3.63) is 48.0 Å². The Hall–Kier alpha value is -2.79. The van der Waals surface area contributed by atoms with Crippen LogP contribution in [0.2, 0.25) is 0 Å². The standard InChI is InChI=1S/C24H28N2O3/c1-27-19-10-6-7-16(13-19)23-17(15-25-18-8-4-5-9-18)14-20-21(28-2)11-12-22(29-3)24(20)26-23/h6-7,10-14,18,25H,4-5,8-9,15H2,1-3H3. The molecule has 1 heterocycles. The van der Waals surface area contributed by atoms with E-state index in [9.17, 15) is 0 Å². The Morgan fingerprint density at radius 3 is 2.41 bits per heavy atom. The van der Waals surface area contributed by atoms with E-state index in [0.29, 0.717) is 6.04 Å². The van der Waals surface area contributed by atoms with Gasteiger partial charge in [0.25, 0.3) is 0 Å². The first kappa shape index (κ1) is 19.5. The highest BCUT2D eigenvalue weighted by atomic mass is 16.5. The van der Waals surface area contributed by atoms with E-state index >= 15 is 0 Å². The minimum absolute atomic E-state index is 0.580. The minimum Gasteiger partial charge on any atom is -0.497 e. The summed E-state index contributed by atoms with van der Waals surface area (Å²) >= 11 is 0. The van der Waals surface area contributed by atoms with Crippen molar-refractivity contribution < 1.29 is 14.2 Å². The van der Waals surface area contributed by atoms with Crippen LogP contribution in [0, 0.1) is 0 Å². The predicted molar refractivity (Wildman–Crippen MR) is 116 cm³/mol. The molecule has 0 amide bonds. The van der Waals surface area contributed by atoms with E-state index in [4.69, 9.17) is 19.2 Å². The van der Waals surface area contributed by atoms with E-state index in [-0.39, 0.29) is 0 Å². The molecule has 5 heteroatoms. The summed E-state index contributed by atoms with van der Waals surface area (Å²) in [6.45, 7) is 0.764. The fourth-order valence-corrected chi connectivity index (χ4v) is 4.13. The number of nitrogens with zero attached hydrogens (tertiary/aromatic N) is 1. The zero-order chi connectivity index (χ0) is 20.2. The summed E-state index contributed by atoms with van der Waals surface area (Å²) in [4.78, 5) is 5.04. The molecule has 152 valence electrons. The van der Waals surface area contributed by atoms with Crippen molar-refractivity contribution >= 4 is 10.9 Å². The Bertz CT molecular complexity index is 997. The van der Waals surface area contributed by atoms with E-state index < -0.39 is 0 Å². The maximum absolute atomic E-state index is 5.61. The number of methoxy groups -OCH3 is 3. The van der Waals surface area contributed by atoms with E-state index in [2.05, 4.69) is 17.4 Å². The fourth-order valence-electron chi connectivity index (χ4n) is 4.13. The molecular weight excluding hydrogens is 364 g/mol. The fraction of sp³-hybridized carbons (Fsp3) is 0.375. The van der Waals surface area contributed by atoms with Crippen LogP contribution in [-0.2, 0) is 6.54 Å². The Morgan fingerprint density at radius 1 is 0.931 bits per heavy atom. The summed E-state index contributed by atoms with van der Waals surface area (Å²) in [5, 5.41) is 4.68. The lowest BCUT2D eigenvalue weighted by molar-refractivity contribution is 0.409. The second-order valence-corrected chi connectivity index (χ2v) is 7.46. The molecule has 0 aliphatic heterocycles. The van der Waals surface area contributed by atoms with Crippen molar-refractivity contribution in [2.24, 2.45) is 0 Å². The molecule has 0 saturated heterocycles. The lowest BCUT2D eigenvalue weighted by atomic mass is 10.0. The summed E-state index contributed by atoms with van der Waals surface area (Å²) in [6.07, 6.45) is 5.10. The third kappa shape index (κ3) is 4.01. The Balaban J connectivity index is 1.85. The summed E-state index contributed by atoms with van der Waals surface area (Å²) in [6, 6.07) is 14.6. The van der Waals surface area contributed by atoms with Gasteiger partial charge in [-0.15, -0.1) is 0 Å². The number of hydrogen-bond acceptors (Lipinski definition) is 5. The van der Waals surface area contributed by atoms with Gasteiger partial charge in [0, 0.05) is 23.5 Å². The zero-order valence-corrected chi connectivity index (χ0v) is 17.3. The van der Waals surface area contributed by atoms with Crippen molar-refractivity contribution in [1.29, 1.82) is 0 Å². The minimum atomic E-state index is 0.580. The number of hydrogen-bond donors (Lipinski definition) is 1. The Morgan fingerprint density at radius 2 is 1.69 bits per heavy atom. The van der Waals surface area contributed by atoms with Gasteiger partial charge in [0.2, 0.25) is 0 Å². The summed E-state index contributed by atoms with van der Waals surface area (Å²) in [7, 11) is 5.04. The maximum atomic E-state index is 5.61. The van der Waals surface area contributed by atoms with Crippen LogP contribution >= 0.6 is 0 Å². The van der Waals surface area contributed by atoms with Gasteiger partial charge in [0.1, 0.15) is 22.8 Å². The van der Waals surface area contributed by atoms with Crippen LogP contribution in [0.3, 0.4) is 0 Å². The highest BCUT2D eigenvalue weighted by Crippen LogP contribution is 2.36. The molecule has 1 aromatic heterocycles. The molecule has 0 radical (unpaired) electrons. The van der Waals surface area contributed by atoms with Crippen LogP contribution in [0.1, 0.15) is 31.2 Å². The molecule has 0 spiro atoms. The van der Waals surface area contributed by atoms with Gasteiger partial charge in [-0.3, -0.25) is 0 Å². The van der Waals surface area contributed by atoms with E-state index in [0.717, 1.165) is 51.5 Å². The van der Waals surface area contributed by atoms with Crippen molar-refractivity contribution in [3.8, 4) is 28.5 Å². The van der Waals surface area contributed by atoms with Crippen LogP contribution in [0.25, 0.3) is 22.2 Å². The molecule has 1 N–H and O–H groups in total. The molecular formula is C24H28N2O3. The third-order valence-electron chi connectivity index (χ3n) is 5.71. The lowest BCUT2D eigenvalue weighted by Gasteiger charge is -2.17. The van der Waals surface area contributed by atoms with Crippen LogP contribution in [0.15, 0.2) is 42.5 Å². The normalized spacial score (nSPS) is 14.3. The summed E-state index contributed by atoms with van der Waals surface area (Å²) < 4.78 is 16.6. The van der Waals surface area contributed by atoms with Gasteiger partial charge in [-0.25, -0.2) is 4.98 Å². The van der Waals surface area contributed by atoms with Gasteiger partial charge in [0.05, 0.1) is 27.0 Å². The molecule has 1 fully saturated rings. The number of nitrogens with one attached hydrogen (secondary N) is 1. The molecule has 2 aromatic carbocycles. The lowest BCUT2D eigenvalue weighted by Crippen LogP contribution is -2.25. The molecule has 5 nitrogen and oxygen atoms in total. The zero-order valence-electron chi connectivity index (χ0n) is 17.3. The second-order valence-electron chi connectivity index (χ2n) is 7.46. The third-order valence-corrected chi connectivity index (χ3v) is 5.71. The predicted octanol–water partition coefficient (Wildman–Crippen LogP) is 4.96. The van der Waals surface area contributed by atoms with E-state index in [1.807, 2.05) is 30.3 Å². The van der Waals surface area contributed by atoms with Crippen LogP contribution in [0.5, 0.6) is 17.2 Å². The number of pyridine rings is 1. The van der Waals surface area contributed by atoms with Gasteiger partial charge >= 0.3 is 0 Å². The van der Waals surface area contributed by atoms with Gasteiger partial charge in [0.15, 0.2) is 0 Å².